The number of halogens is 3. The highest BCUT2D eigenvalue weighted by molar-refractivity contribution is 6.39. The first-order valence-electron chi connectivity index (χ1n) is 8.37. The Labute approximate surface area is 158 Å². The second-order valence-corrected chi connectivity index (χ2v) is 6.26. The van der Waals surface area contributed by atoms with Crippen molar-refractivity contribution in [2.45, 2.75) is 19.1 Å². The lowest BCUT2D eigenvalue weighted by Gasteiger charge is -2.14. The molecule has 28 heavy (non-hydrogen) atoms. The fraction of sp³-hybridized carbons (Fsp3) is 0.211. The van der Waals surface area contributed by atoms with E-state index in [0.29, 0.717) is 0 Å². The van der Waals surface area contributed by atoms with Crippen LogP contribution >= 0.6 is 0 Å². The van der Waals surface area contributed by atoms with E-state index in [2.05, 4.69) is 15.6 Å². The third-order valence-electron chi connectivity index (χ3n) is 4.25. The quantitative estimate of drug-likeness (QED) is 0.673. The molecule has 9 heteroatoms. The standard InChI is InChI=1S/C19H17F3N4O2/c1-11(12-6-4-3-5-7-12)23-16(27)17(28)24-13-8-9-15-14(10-13)25-18(26(15)2)19(20,21)22/h3-11H,1-2H3,(H,23,27)(H,24,28)/t11-/m0/s1. The Morgan fingerprint density at radius 2 is 1.75 bits per heavy atom. The lowest BCUT2D eigenvalue weighted by Crippen LogP contribution is -2.36. The molecule has 0 unspecified atom stereocenters. The third-order valence-corrected chi connectivity index (χ3v) is 4.25. The molecule has 0 saturated carbocycles. The molecule has 1 heterocycles. The molecule has 0 aliphatic heterocycles. The van der Waals surface area contributed by atoms with Gasteiger partial charge in [0.1, 0.15) is 0 Å². The van der Waals surface area contributed by atoms with Gasteiger partial charge in [-0.05, 0) is 30.7 Å². The Balaban J connectivity index is 1.73. The first-order valence-corrected chi connectivity index (χ1v) is 8.37. The number of aryl methyl sites for hydroxylation is 1. The Morgan fingerprint density at radius 3 is 2.39 bits per heavy atom. The van der Waals surface area contributed by atoms with Crippen molar-refractivity contribution in [2.75, 3.05) is 5.32 Å². The normalized spacial score (nSPS) is 12.6. The summed E-state index contributed by atoms with van der Waals surface area (Å²) >= 11 is 0. The number of alkyl halides is 3. The van der Waals surface area contributed by atoms with E-state index < -0.39 is 23.8 Å². The minimum Gasteiger partial charge on any atom is -0.341 e. The topological polar surface area (TPSA) is 76.0 Å². The van der Waals surface area contributed by atoms with Gasteiger partial charge >= 0.3 is 18.0 Å². The van der Waals surface area contributed by atoms with Crippen LogP contribution in [0.25, 0.3) is 11.0 Å². The summed E-state index contributed by atoms with van der Waals surface area (Å²) in [6.07, 6.45) is -4.59. The van der Waals surface area contributed by atoms with Crippen molar-refractivity contribution in [3.05, 3.63) is 59.9 Å². The number of carbonyl (C=O) groups is 2. The molecule has 0 fully saturated rings. The SMILES string of the molecule is C[C@H](NC(=O)C(=O)Nc1ccc2c(c1)nc(C(F)(F)F)n2C)c1ccccc1. The van der Waals surface area contributed by atoms with E-state index in [0.717, 1.165) is 10.1 Å². The molecule has 0 radical (unpaired) electrons. The molecule has 3 aromatic rings. The van der Waals surface area contributed by atoms with E-state index in [9.17, 15) is 22.8 Å². The Bertz CT molecular complexity index is 1030. The fourth-order valence-electron chi connectivity index (χ4n) is 2.81. The predicted molar refractivity (Wildman–Crippen MR) is 97.3 cm³/mol. The lowest BCUT2D eigenvalue weighted by molar-refractivity contribution is -0.146. The van der Waals surface area contributed by atoms with Gasteiger partial charge < -0.3 is 15.2 Å². The van der Waals surface area contributed by atoms with Crippen molar-refractivity contribution in [1.82, 2.24) is 14.9 Å². The number of hydrogen-bond donors (Lipinski definition) is 2. The van der Waals surface area contributed by atoms with Crippen LogP contribution in [0.2, 0.25) is 0 Å². The summed E-state index contributed by atoms with van der Waals surface area (Å²) in [5.74, 6) is -2.82. The monoisotopic (exact) mass is 390 g/mol. The smallest absolute Gasteiger partial charge is 0.341 e. The van der Waals surface area contributed by atoms with Gasteiger partial charge in [0.2, 0.25) is 5.82 Å². The highest BCUT2D eigenvalue weighted by atomic mass is 19.4. The van der Waals surface area contributed by atoms with Gasteiger partial charge in [0.05, 0.1) is 17.1 Å². The number of amides is 2. The summed E-state index contributed by atoms with van der Waals surface area (Å²) in [6, 6.07) is 12.8. The van der Waals surface area contributed by atoms with Crippen LogP contribution in [0.1, 0.15) is 24.4 Å². The zero-order chi connectivity index (χ0) is 20.5. The van der Waals surface area contributed by atoms with Gasteiger partial charge in [-0.1, -0.05) is 30.3 Å². The van der Waals surface area contributed by atoms with E-state index in [1.165, 1.54) is 25.2 Å². The molecule has 1 aromatic heterocycles. The van der Waals surface area contributed by atoms with E-state index in [4.69, 9.17) is 0 Å². The van der Waals surface area contributed by atoms with Crippen LogP contribution in [-0.4, -0.2) is 21.4 Å². The second kappa shape index (κ2) is 7.34. The number of aromatic nitrogens is 2. The molecule has 0 aliphatic carbocycles. The third kappa shape index (κ3) is 3.98. The molecular weight excluding hydrogens is 373 g/mol. The number of anilines is 1. The van der Waals surface area contributed by atoms with Crippen LogP contribution in [0.4, 0.5) is 18.9 Å². The maximum absolute atomic E-state index is 13.0. The number of carbonyl (C=O) groups excluding carboxylic acids is 2. The van der Waals surface area contributed by atoms with Crippen LogP contribution in [0.5, 0.6) is 0 Å². The molecular formula is C19H17F3N4O2. The minimum atomic E-state index is -4.59. The van der Waals surface area contributed by atoms with Crippen LogP contribution in [-0.2, 0) is 22.8 Å². The maximum atomic E-state index is 13.0. The number of hydrogen-bond acceptors (Lipinski definition) is 3. The van der Waals surface area contributed by atoms with Gasteiger partial charge in [0.25, 0.3) is 0 Å². The zero-order valence-electron chi connectivity index (χ0n) is 15.0. The number of nitrogens with one attached hydrogen (secondary N) is 2. The van der Waals surface area contributed by atoms with Crippen molar-refractivity contribution in [3.8, 4) is 0 Å². The van der Waals surface area contributed by atoms with Crippen molar-refractivity contribution in [3.63, 3.8) is 0 Å². The number of imidazole rings is 1. The van der Waals surface area contributed by atoms with Gasteiger partial charge in [-0.15, -0.1) is 0 Å². The molecule has 2 aromatic carbocycles. The van der Waals surface area contributed by atoms with E-state index in [-0.39, 0.29) is 22.8 Å². The van der Waals surface area contributed by atoms with Crippen molar-refractivity contribution in [2.24, 2.45) is 7.05 Å². The molecule has 2 amide bonds. The van der Waals surface area contributed by atoms with Gasteiger partial charge in [-0.25, -0.2) is 4.98 Å². The largest absolute Gasteiger partial charge is 0.449 e. The Morgan fingerprint density at radius 1 is 1.07 bits per heavy atom. The number of nitrogens with zero attached hydrogens (tertiary/aromatic N) is 2. The Hall–Kier alpha value is -3.36. The number of benzene rings is 2. The molecule has 0 bridgehead atoms. The average Bonchev–Trinajstić information content (AvgIpc) is 2.98. The van der Waals surface area contributed by atoms with Gasteiger partial charge in [0.15, 0.2) is 0 Å². The zero-order valence-corrected chi connectivity index (χ0v) is 15.0. The van der Waals surface area contributed by atoms with Crippen LogP contribution in [0.3, 0.4) is 0 Å². The molecule has 0 spiro atoms. The molecule has 0 aliphatic rings. The maximum Gasteiger partial charge on any atom is 0.449 e. The van der Waals surface area contributed by atoms with E-state index in [1.54, 1.807) is 6.92 Å². The highest BCUT2D eigenvalue weighted by Crippen LogP contribution is 2.31. The fourth-order valence-corrected chi connectivity index (χ4v) is 2.81. The molecule has 146 valence electrons. The van der Waals surface area contributed by atoms with Gasteiger partial charge in [0, 0.05) is 12.7 Å². The Kier molecular flexibility index (Phi) is 5.08. The first kappa shape index (κ1) is 19.4. The second-order valence-electron chi connectivity index (χ2n) is 6.26. The van der Waals surface area contributed by atoms with Gasteiger partial charge in [-0.2, -0.15) is 13.2 Å². The van der Waals surface area contributed by atoms with Crippen molar-refractivity contribution < 1.29 is 22.8 Å². The summed E-state index contributed by atoms with van der Waals surface area (Å²) in [7, 11) is 1.26. The molecule has 2 N–H and O–H groups in total. The summed E-state index contributed by atoms with van der Waals surface area (Å²) in [5.41, 5.74) is 1.32. The molecule has 1 atom stereocenters. The number of rotatable bonds is 3. The summed E-state index contributed by atoms with van der Waals surface area (Å²) < 4.78 is 39.8. The van der Waals surface area contributed by atoms with Crippen molar-refractivity contribution >= 4 is 28.5 Å². The van der Waals surface area contributed by atoms with Gasteiger partial charge in [-0.3, -0.25) is 9.59 Å². The van der Waals surface area contributed by atoms with Crippen LogP contribution in [0, 0.1) is 0 Å². The average molecular weight is 390 g/mol. The van der Waals surface area contributed by atoms with Crippen LogP contribution < -0.4 is 10.6 Å². The summed E-state index contributed by atoms with van der Waals surface area (Å²) in [4.78, 5) is 27.8. The summed E-state index contributed by atoms with van der Waals surface area (Å²) in [5, 5.41) is 4.94. The predicted octanol–water partition coefficient (Wildman–Crippen LogP) is 3.41. The summed E-state index contributed by atoms with van der Waals surface area (Å²) in [6.45, 7) is 1.74. The lowest BCUT2D eigenvalue weighted by atomic mass is 10.1. The first-order chi connectivity index (χ1) is 13.2. The van der Waals surface area contributed by atoms with Crippen LogP contribution in [0.15, 0.2) is 48.5 Å². The van der Waals surface area contributed by atoms with Crippen molar-refractivity contribution in [1.29, 1.82) is 0 Å². The molecule has 0 saturated heterocycles. The highest BCUT2D eigenvalue weighted by Gasteiger charge is 2.36. The molecule has 3 rings (SSSR count). The van der Waals surface area contributed by atoms with E-state index >= 15 is 0 Å². The molecule has 6 nitrogen and oxygen atoms in total. The van der Waals surface area contributed by atoms with E-state index in [1.807, 2.05) is 30.3 Å². The number of fused-ring (bicyclic) bond motifs is 1. The minimum absolute atomic E-state index is 0.0608.